The Bertz CT molecular complexity index is 642. The first kappa shape index (κ1) is 15.1. The van der Waals surface area contributed by atoms with Gasteiger partial charge in [0, 0.05) is 17.7 Å². The third-order valence-corrected chi connectivity index (χ3v) is 3.61. The SMILES string of the molecule is CC(C)(C)c1cccc(Br)c1Oc1ccc(Cl)[n+]([O-])n1. The molecule has 0 spiro atoms. The van der Waals surface area contributed by atoms with Gasteiger partial charge in [0.05, 0.1) is 9.57 Å². The van der Waals surface area contributed by atoms with Crippen molar-refractivity contribution in [1.82, 2.24) is 5.10 Å². The van der Waals surface area contributed by atoms with E-state index in [1.165, 1.54) is 6.07 Å². The molecule has 0 aliphatic heterocycles. The summed E-state index contributed by atoms with van der Waals surface area (Å²) in [5.41, 5.74) is 0.917. The fraction of sp³-hybridized carbons (Fsp3) is 0.286. The Kier molecular flexibility index (Phi) is 4.20. The Morgan fingerprint density at radius 2 is 1.95 bits per heavy atom. The Balaban J connectivity index is 2.45. The van der Waals surface area contributed by atoms with Gasteiger partial charge in [-0.2, -0.15) is 0 Å². The molecule has 1 heterocycles. The topological polar surface area (TPSA) is 49.1 Å². The summed E-state index contributed by atoms with van der Waals surface area (Å²) < 4.78 is 6.57. The second-order valence-electron chi connectivity index (χ2n) is 5.34. The monoisotopic (exact) mass is 356 g/mol. The first-order chi connectivity index (χ1) is 9.29. The lowest BCUT2D eigenvalue weighted by Gasteiger charge is -2.22. The first-order valence-electron chi connectivity index (χ1n) is 6.02. The maximum Gasteiger partial charge on any atom is 0.313 e. The van der Waals surface area contributed by atoms with Crippen LogP contribution in [-0.4, -0.2) is 5.10 Å². The van der Waals surface area contributed by atoms with Crippen molar-refractivity contribution in [2.75, 3.05) is 0 Å². The summed E-state index contributed by atoms with van der Waals surface area (Å²) in [7, 11) is 0. The van der Waals surface area contributed by atoms with Crippen LogP contribution in [0.2, 0.25) is 5.15 Å². The van der Waals surface area contributed by atoms with E-state index in [1.807, 2.05) is 18.2 Å². The van der Waals surface area contributed by atoms with Crippen LogP contribution in [0.25, 0.3) is 0 Å². The molecule has 0 saturated heterocycles. The molecule has 0 amide bonds. The molecule has 1 aromatic heterocycles. The number of halogens is 2. The molecule has 0 unspecified atom stereocenters. The molecule has 6 heteroatoms. The van der Waals surface area contributed by atoms with Crippen molar-refractivity contribution in [3.8, 4) is 11.6 Å². The van der Waals surface area contributed by atoms with Crippen LogP contribution < -0.4 is 9.58 Å². The van der Waals surface area contributed by atoms with E-state index in [9.17, 15) is 5.21 Å². The molecule has 0 saturated carbocycles. The van der Waals surface area contributed by atoms with Crippen molar-refractivity contribution in [2.24, 2.45) is 0 Å². The van der Waals surface area contributed by atoms with Crippen LogP contribution in [-0.2, 0) is 5.41 Å². The maximum atomic E-state index is 11.4. The smallest absolute Gasteiger partial charge is 0.313 e. The van der Waals surface area contributed by atoms with Gasteiger partial charge in [-0.1, -0.05) is 32.9 Å². The van der Waals surface area contributed by atoms with Crippen LogP contribution in [0.5, 0.6) is 11.6 Å². The number of nitrogens with zero attached hydrogens (tertiary/aromatic N) is 2. The largest absolute Gasteiger partial charge is 0.593 e. The summed E-state index contributed by atoms with van der Waals surface area (Å²) in [5, 5.41) is 15.1. The zero-order chi connectivity index (χ0) is 14.9. The highest BCUT2D eigenvalue weighted by atomic mass is 79.9. The molecule has 0 radical (unpaired) electrons. The van der Waals surface area contributed by atoms with Crippen molar-refractivity contribution in [1.29, 1.82) is 0 Å². The second kappa shape index (κ2) is 5.58. The number of hydrogen-bond donors (Lipinski definition) is 0. The van der Waals surface area contributed by atoms with E-state index in [0.717, 1.165) is 10.0 Å². The van der Waals surface area contributed by atoms with Gasteiger partial charge >= 0.3 is 5.15 Å². The Morgan fingerprint density at radius 3 is 2.55 bits per heavy atom. The van der Waals surface area contributed by atoms with Gasteiger partial charge in [-0.3, -0.25) is 0 Å². The van der Waals surface area contributed by atoms with Crippen molar-refractivity contribution >= 4 is 27.5 Å². The van der Waals surface area contributed by atoms with Crippen molar-refractivity contribution in [2.45, 2.75) is 26.2 Å². The Hall–Kier alpha value is -1.33. The molecule has 4 nitrogen and oxygen atoms in total. The minimum absolute atomic E-state index is 0.000484. The molecular formula is C14H14BrClN2O2. The summed E-state index contributed by atoms with van der Waals surface area (Å²) in [6.07, 6.45) is 0. The van der Waals surface area contributed by atoms with Crippen LogP contribution in [0, 0.1) is 5.21 Å². The minimum Gasteiger partial charge on any atom is -0.593 e. The molecule has 0 N–H and O–H groups in total. The molecule has 0 bridgehead atoms. The highest BCUT2D eigenvalue weighted by molar-refractivity contribution is 9.10. The zero-order valence-corrected chi connectivity index (χ0v) is 13.7. The maximum absolute atomic E-state index is 11.4. The first-order valence-corrected chi connectivity index (χ1v) is 7.19. The van der Waals surface area contributed by atoms with Crippen molar-refractivity contribution in [3.63, 3.8) is 0 Å². The molecule has 0 atom stereocenters. The van der Waals surface area contributed by atoms with Gasteiger partial charge in [0.15, 0.2) is 0 Å². The van der Waals surface area contributed by atoms with Gasteiger partial charge in [-0.25, -0.2) is 0 Å². The highest BCUT2D eigenvalue weighted by Crippen LogP contribution is 2.38. The lowest BCUT2D eigenvalue weighted by atomic mass is 9.86. The molecular weight excluding hydrogens is 344 g/mol. The van der Waals surface area contributed by atoms with Crippen LogP contribution in [0.1, 0.15) is 26.3 Å². The number of aromatic nitrogens is 2. The predicted octanol–water partition coefficient (Wildman–Crippen LogP) is 4.22. The van der Waals surface area contributed by atoms with Crippen LogP contribution in [0.15, 0.2) is 34.8 Å². The average molecular weight is 358 g/mol. The molecule has 2 aromatic rings. The lowest BCUT2D eigenvalue weighted by molar-refractivity contribution is -0.667. The molecule has 0 aliphatic rings. The fourth-order valence-corrected chi connectivity index (χ4v) is 2.28. The van der Waals surface area contributed by atoms with Gasteiger partial charge in [0.2, 0.25) is 0 Å². The van der Waals surface area contributed by atoms with Crippen molar-refractivity contribution in [3.05, 3.63) is 50.7 Å². The van der Waals surface area contributed by atoms with Crippen LogP contribution in [0.4, 0.5) is 0 Å². The fourth-order valence-electron chi connectivity index (χ4n) is 1.74. The van der Waals surface area contributed by atoms with Gasteiger partial charge in [-0.15, -0.1) is 0 Å². The summed E-state index contributed by atoms with van der Waals surface area (Å²) >= 11 is 9.11. The third-order valence-electron chi connectivity index (χ3n) is 2.72. The number of benzene rings is 1. The van der Waals surface area contributed by atoms with Crippen molar-refractivity contribution < 1.29 is 9.58 Å². The minimum atomic E-state index is -0.0982. The normalized spacial score (nSPS) is 11.4. The van der Waals surface area contributed by atoms with E-state index >= 15 is 0 Å². The molecule has 2 rings (SSSR count). The summed E-state index contributed by atoms with van der Waals surface area (Å²) in [6.45, 7) is 6.26. The molecule has 20 heavy (non-hydrogen) atoms. The Morgan fingerprint density at radius 1 is 1.25 bits per heavy atom. The molecule has 106 valence electrons. The average Bonchev–Trinajstić information content (AvgIpc) is 2.35. The zero-order valence-electron chi connectivity index (χ0n) is 11.4. The summed E-state index contributed by atoms with van der Waals surface area (Å²) in [5.74, 6) is 0.844. The number of ether oxygens (including phenoxy) is 1. The van der Waals surface area contributed by atoms with Gasteiger partial charge in [0.1, 0.15) is 5.75 Å². The van der Waals surface area contributed by atoms with Gasteiger partial charge in [-0.05, 0) is 43.9 Å². The van der Waals surface area contributed by atoms with Gasteiger partial charge in [0.25, 0.3) is 5.88 Å². The molecule has 0 fully saturated rings. The van der Waals surface area contributed by atoms with E-state index in [1.54, 1.807) is 6.07 Å². The number of rotatable bonds is 2. The summed E-state index contributed by atoms with van der Waals surface area (Å²) in [4.78, 5) is 0.324. The van der Waals surface area contributed by atoms with Gasteiger partial charge < -0.3 is 9.94 Å². The highest BCUT2D eigenvalue weighted by Gasteiger charge is 2.22. The lowest BCUT2D eigenvalue weighted by Crippen LogP contribution is -2.32. The summed E-state index contributed by atoms with van der Waals surface area (Å²) in [6, 6.07) is 8.82. The Labute approximate surface area is 131 Å². The quantitative estimate of drug-likeness (QED) is 0.597. The number of para-hydroxylation sites is 1. The number of hydrogen-bond acceptors (Lipinski definition) is 3. The van der Waals surface area contributed by atoms with E-state index in [2.05, 4.69) is 41.8 Å². The second-order valence-corrected chi connectivity index (χ2v) is 6.58. The molecule has 0 aliphatic carbocycles. The van der Waals surface area contributed by atoms with E-state index in [4.69, 9.17) is 16.3 Å². The van der Waals surface area contributed by atoms with E-state index in [0.29, 0.717) is 10.6 Å². The van der Waals surface area contributed by atoms with Crippen LogP contribution in [0.3, 0.4) is 0 Å². The molecule has 1 aromatic carbocycles. The van der Waals surface area contributed by atoms with E-state index < -0.39 is 0 Å². The standard InChI is InChI=1S/C14H14BrClN2O2/c1-14(2,3)9-5-4-6-10(15)13(9)20-12-8-7-11(16)18(19)17-12/h4-8H,1-3H3. The third kappa shape index (κ3) is 3.22. The van der Waals surface area contributed by atoms with E-state index in [-0.39, 0.29) is 16.4 Å². The van der Waals surface area contributed by atoms with Crippen LogP contribution >= 0.6 is 27.5 Å². The predicted molar refractivity (Wildman–Crippen MR) is 81.1 cm³/mol.